The number of aryl methyl sites for hydroxylation is 1. The number of benzene rings is 1. The summed E-state index contributed by atoms with van der Waals surface area (Å²) in [5.41, 5.74) is -0.0477. The minimum atomic E-state index is -1.13. The maximum Gasteiger partial charge on any atom is 0.410 e. The van der Waals surface area contributed by atoms with Crippen LogP contribution in [0.15, 0.2) is 12.1 Å². The highest BCUT2D eigenvalue weighted by atomic mass is 19.1. The van der Waals surface area contributed by atoms with Crippen LogP contribution in [0.1, 0.15) is 37.9 Å². The molecule has 1 unspecified atom stereocenters. The van der Waals surface area contributed by atoms with Gasteiger partial charge in [-0.1, -0.05) is 0 Å². The highest BCUT2D eigenvalue weighted by Gasteiger charge is 2.30. The van der Waals surface area contributed by atoms with Crippen LogP contribution >= 0.6 is 0 Å². The van der Waals surface area contributed by atoms with Crippen molar-refractivity contribution in [2.24, 2.45) is 0 Å². The molecule has 0 aliphatic rings. The molecule has 0 aliphatic heterocycles. The predicted octanol–water partition coefficient (Wildman–Crippen LogP) is 3.25. The summed E-state index contributed by atoms with van der Waals surface area (Å²) >= 11 is 0. The van der Waals surface area contributed by atoms with E-state index in [9.17, 15) is 14.0 Å². The van der Waals surface area contributed by atoms with Gasteiger partial charge in [0, 0.05) is 7.05 Å². The first-order valence-electron chi connectivity index (χ1n) is 6.86. The molecule has 0 bridgehead atoms. The molecule has 5 nitrogen and oxygen atoms in total. The zero-order valence-electron chi connectivity index (χ0n) is 13.8. The van der Waals surface area contributed by atoms with Crippen LogP contribution in [0, 0.1) is 12.7 Å². The monoisotopic (exact) mass is 311 g/mol. The summed E-state index contributed by atoms with van der Waals surface area (Å²) in [5, 5.41) is 0. The molecule has 0 fully saturated rings. The van der Waals surface area contributed by atoms with Crippen molar-refractivity contribution < 1.29 is 23.5 Å². The summed E-state index contributed by atoms with van der Waals surface area (Å²) in [5.74, 6) is -0.394. The highest BCUT2D eigenvalue weighted by molar-refractivity contribution is 5.75. The van der Waals surface area contributed by atoms with Gasteiger partial charge in [-0.15, -0.1) is 0 Å². The lowest BCUT2D eigenvalue weighted by atomic mass is 10.0. The molecule has 1 amide bonds. The van der Waals surface area contributed by atoms with E-state index in [-0.39, 0.29) is 11.3 Å². The molecule has 0 heterocycles. The van der Waals surface area contributed by atoms with Gasteiger partial charge < -0.3 is 14.3 Å². The van der Waals surface area contributed by atoms with Crippen molar-refractivity contribution in [2.45, 2.75) is 39.3 Å². The Bertz CT molecular complexity index is 566. The molecule has 1 aromatic rings. The number of hydrogen-bond acceptors (Lipinski definition) is 4. The van der Waals surface area contributed by atoms with E-state index in [1.807, 2.05) is 0 Å². The lowest BCUT2D eigenvalue weighted by molar-refractivity contribution is -0.112. The largest absolute Gasteiger partial charge is 0.496 e. The van der Waals surface area contributed by atoms with Crippen molar-refractivity contribution >= 4 is 12.4 Å². The van der Waals surface area contributed by atoms with Crippen LogP contribution in [0.5, 0.6) is 5.75 Å². The zero-order chi connectivity index (χ0) is 17.1. The Kier molecular flexibility index (Phi) is 5.52. The molecule has 1 atom stereocenters. The average Bonchev–Trinajstić information content (AvgIpc) is 2.38. The number of rotatable bonds is 4. The second kappa shape index (κ2) is 6.77. The molecule has 0 saturated carbocycles. The van der Waals surface area contributed by atoms with Crippen molar-refractivity contribution in [2.75, 3.05) is 14.2 Å². The Hall–Kier alpha value is -2.11. The summed E-state index contributed by atoms with van der Waals surface area (Å²) in [7, 11) is 2.76. The van der Waals surface area contributed by atoms with E-state index in [0.29, 0.717) is 11.8 Å². The molecule has 0 spiro atoms. The summed E-state index contributed by atoms with van der Waals surface area (Å²) in [6.07, 6.45) is -0.230. The molecule has 6 heteroatoms. The van der Waals surface area contributed by atoms with E-state index in [0.717, 1.165) is 4.90 Å². The van der Waals surface area contributed by atoms with Gasteiger partial charge >= 0.3 is 6.09 Å². The van der Waals surface area contributed by atoms with Gasteiger partial charge in [-0.05, 0) is 45.4 Å². The quantitative estimate of drug-likeness (QED) is 0.801. The van der Waals surface area contributed by atoms with Gasteiger partial charge in [0.25, 0.3) is 0 Å². The Morgan fingerprint density at radius 3 is 2.41 bits per heavy atom. The molecule has 1 aromatic carbocycles. The van der Waals surface area contributed by atoms with Crippen molar-refractivity contribution in [1.29, 1.82) is 0 Å². The average molecular weight is 311 g/mol. The van der Waals surface area contributed by atoms with Gasteiger partial charge in [-0.25, -0.2) is 9.18 Å². The van der Waals surface area contributed by atoms with Gasteiger partial charge in [-0.2, -0.15) is 0 Å². The molecule has 0 radical (unpaired) electrons. The van der Waals surface area contributed by atoms with Crippen LogP contribution in [0.3, 0.4) is 0 Å². The van der Waals surface area contributed by atoms with Crippen molar-refractivity contribution in [3.8, 4) is 5.75 Å². The second-order valence-corrected chi connectivity index (χ2v) is 6.03. The minimum Gasteiger partial charge on any atom is -0.496 e. The molecular weight excluding hydrogens is 289 g/mol. The summed E-state index contributed by atoms with van der Waals surface area (Å²) in [4.78, 5) is 24.6. The Labute approximate surface area is 130 Å². The maximum absolute atomic E-state index is 14.3. The predicted molar refractivity (Wildman–Crippen MR) is 80.5 cm³/mol. The smallest absolute Gasteiger partial charge is 0.410 e. The van der Waals surface area contributed by atoms with Crippen LogP contribution < -0.4 is 4.74 Å². The van der Waals surface area contributed by atoms with Crippen molar-refractivity contribution in [3.63, 3.8) is 0 Å². The third-order valence-corrected chi connectivity index (χ3v) is 2.98. The minimum absolute atomic E-state index is 0.0106. The number of nitrogens with zero attached hydrogens (tertiary/aromatic N) is 1. The van der Waals surface area contributed by atoms with E-state index >= 15 is 0 Å². The van der Waals surface area contributed by atoms with Crippen LogP contribution in [0.25, 0.3) is 0 Å². The van der Waals surface area contributed by atoms with Gasteiger partial charge in [-0.3, -0.25) is 4.90 Å². The summed E-state index contributed by atoms with van der Waals surface area (Å²) < 4.78 is 24.6. The number of methoxy groups -OCH3 is 1. The molecule has 122 valence electrons. The highest BCUT2D eigenvalue weighted by Crippen LogP contribution is 2.32. The normalized spacial score (nSPS) is 12.5. The molecule has 0 aromatic heterocycles. The van der Waals surface area contributed by atoms with E-state index in [1.54, 1.807) is 33.8 Å². The third kappa shape index (κ3) is 4.19. The second-order valence-electron chi connectivity index (χ2n) is 6.03. The molecule has 0 aliphatic carbocycles. The fourth-order valence-corrected chi connectivity index (χ4v) is 1.98. The summed E-state index contributed by atoms with van der Waals surface area (Å²) in [6, 6.07) is 1.76. The van der Waals surface area contributed by atoms with E-state index < -0.39 is 23.6 Å². The van der Waals surface area contributed by atoms with Crippen LogP contribution in [-0.4, -0.2) is 37.0 Å². The number of likely N-dealkylation sites (N-methyl/N-ethyl adjacent to an activating group) is 1. The first-order valence-corrected chi connectivity index (χ1v) is 6.86. The molecule has 1 rings (SSSR count). The van der Waals surface area contributed by atoms with E-state index in [2.05, 4.69) is 0 Å². The number of halogens is 1. The first kappa shape index (κ1) is 17.9. The standard InChI is InChI=1S/C16H22FNO4/c1-10-7-11(17)14(13(8-10)21-6)12(9-19)18(5)15(20)22-16(2,3)4/h7-9,12H,1-6H3. The van der Waals surface area contributed by atoms with E-state index in [4.69, 9.17) is 9.47 Å². The SMILES string of the molecule is COc1cc(C)cc(F)c1C(C=O)N(C)C(=O)OC(C)(C)C. The number of carbonyl (C=O) groups excluding carboxylic acids is 2. The number of amides is 1. The molecular formula is C16H22FNO4. The van der Waals surface area contributed by atoms with Gasteiger partial charge in [0.15, 0.2) is 0 Å². The fourth-order valence-electron chi connectivity index (χ4n) is 1.98. The van der Waals surface area contributed by atoms with E-state index in [1.165, 1.54) is 20.2 Å². The van der Waals surface area contributed by atoms with Gasteiger partial charge in [0.1, 0.15) is 29.5 Å². The fraction of sp³-hybridized carbons (Fsp3) is 0.500. The topological polar surface area (TPSA) is 55.8 Å². The van der Waals surface area contributed by atoms with Crippen LogP contribution in [-0.2, 0) is 9.53 Å². The third-order valence-electron chi connectivity index (χ3n) is 2.98. The Morgan fingerprint density at radius 1 is 1.36 bits per heavy atom. The van der Waals surface area contributed by atoms with Crippen molar-refractivity contribution in [1.82, 2.24) is 4.90 Å². The van der Waals surface area contributed by atoms with Crippen LogP contribution in [0.4, 0.5) is 9.18 Å². The molecule has 0 saturated heterocycles. The first-order chi connectivity index (χ1) is 10.1. The number of carbonyl (C=O) groups is 2. The Balaban J connectivity index is 3.21. The van der Waals surface area contributed by atoms with Gasteiger partial charge in [0.2, 0.25) is 0 Å². The molecule has 22 heavy (non-hydrogen) atoms. The number of hydrogen-bond donors (Lipinski definition) is 0. The van der Waals surface area contributed by atoms with Crippen molar-refractivity contribution in [3.05, 3.63) is 29.1 Å². The number of aldehydes is 1. The molecule has 0 N–H and O–H groups in total. The lowest BCUT2D eigenvalue weighted by Gasteiger charge is -2.29. The van der Waals surface area contributed by atoms with Gasteiger partial charge in [0.05, 0.1) is 12.7 Å². The maximum atomic E-state index is 14.3. The lowest BCUT2D eigenvalue weighted by Crippen LogP contribution is -2.37. The Morgan fingerprint density at radius 2 is 1.95 bits per heavy atom. The number of ether oxygens (including phenoxy) is 2. The van der Waals surface area contributed by atoms with Crippen LogP contribution in [0.2, 0.25) is 0 Å². The summed E-state index contributed by atoms with van der Waals surface area (Å²) in [6.45, 7) is 6.84. The zero-order valence-corrected chi connectivity index (χ0v) is 13.8.